The van der Waals surface area contributed by atoms with Crippen molar-refractivity contribution in [2.24, 2.45) is 0 Å². The van der Waals surface area contributed by atoms with Gasteiger partial charge in [0.1, 0.15) is 5.51 Å². The second-order valence-electron chi connectivity index (χ2n) is 4.85. The summed E-state index contributed by atoms with van der Waals surface area (Å²) < 4.78 is 1.32. The summed E-state index contributed by atoms with van der Waals surface area (Å²) in [5.74, 6) is 0. The highest BCUT2D eigenvalue weighted by Crippen LogP contribution is 2.24. The maximum atomic E-state index is 12.4. The number of hydrogen-bond acceptors (Lipinski definition) is 5. The van der Waals surface area contributed by atoms with Crippen molar-refractivity contribution < 1.29 is 0 Å². The van der Waals surface area contributed by atoms with Crippen molar-refractivity contribution in [3.63, 3.8) is 0 Å². The number of hydrogen-bond donors (Lipinski definition) is 0. The maximum absolute atomic E-state index is 12.4. The Morgan fingerprint density at radius 3 is 2.85 bits per heavy atom. The van der Waals surface area contributed by atoms with Gasteiger partial charge in [0.25, 0.3) is 5.56 Å². The average Bonchev–Trinajstić information content (AvgIpc) is 2.87. The molecule has 0 aliphatic carbocycles. The lowest BCUT2D eigenvalue weighted by atomic mass is 10.1. The zero-order chi connectivity index (χ0) is 13.9. The van der Waals surface area contributed by atoms with Gasteiger partial charge in [0.05, 0.1) is 16.4 Å². The van der Waals surface area contributed by atoms with Gasteiger partial charge in [-0.2, -0.15) is 9.61 Å². The first-order valence-corrected chi connectivity index (χ1v) is 7.05. The molecule has 3 aromatic heterocycles. The molecular formula is C14H10N4OS. The molecule has 4 aromatic rings. The van der Waals surface area contributed by atoms with E-state index in [-0.39, 0.29) is 5.56 Å². The second kappa shape index (κ2) is 3.83. The van der Waals surface area contributed by atoms with Crippen LogP contribution in [0.1, 0.15) is 11.1 Å². The number of fused-ring (bicyclic) bond motifs is 4. The van der Waals surface area contributed by atoms with Crippen LogP contribution in [-0.4, -0.2) is 19.6 Å². The Kier molecular flexibility index (Phi) is 2.20. The molecular weight excluding hydrogens is 272 g/mol. The van der Waals surface area contributed by atoms with E-state index in [4.69, 9.17) is 0 Å². The molecule has 4 rings (SSSR count). The molecule has 0 radical (unpaired) electrons. The van der Waals surface area contributed by atoms with Crippen LogP contribution in [0.2, 0.25) is 0 Å². The smallest absolute Gasteiger partial charge is 0.266 e. The molecule has 5 nitrogen and oxygen atoms in total. The Balaban J connectivity index is 2.35. The standard InChI is InChI=1S/C14H10N4OS/c1-7-3-8(2)11-9(4-7)12-10(5-15-11)13(19)18-14(17-12)20-6-16-18/h3-6H,1-2H3. The first kappa shape index (κ1) is 11.5. The van der Waals surface area contributed by atoms with Gasteiger partial charge in [0.2, 0.25) is 4.96 Å². The monoisotopic (exact) mass is 282 g/mol. The summed E-state index contributed by atoms with van der Waals surface area (Å²) in [6, 6.07) is 4.11. The molecule has 98 valence electrons. The Morgan fingerprint density at radius 2 is 2.00 bits per heavy atom. The molecule has 0 unspecified atom stereocenters. The highest BCUT2D eigenvalue weighted by Gasteiger charge is 2.12. The lowest BCUT2D eigenvalue weighted by Gasteiger charge is -2.06. The zero-order valence-electron chi connectivity index (χ0n) is 10.9. The predicted octanol–water partition coefficient (Wildman–Crippen LogP) is 2.47. The van der Waals surface area contributed by atoms with Crippen molar-refractivity contribution in [2.75, 3.05) is 0 Å². The van der Waals surface area contributed by atoms with Gasteiger partial charge in [-0.05, 0) is 25.5 Å². The average molecular weight is 282 g/mol. The highest BCUT2D eigenvalue weighted by molar-refractivity contribution is 7.14. The number of aromatic nitrogens is 4. The van der Waals surface area contributed by atoms with Crippen LogP contribution in [0.3, 0.4) is 0 Å². The Hall–Kier alpha value is -2.34. The van der Waals surface area contributed by atoms with E-state index in [1.54, 1.807) is 11.7 Å². The summed E-state index contributed by atoms with van der Waals surface area (Å²) in [7, 11) is 0. The minimum absolute atomic E-state index is 0.167. The predicted molar refractivity (Wildman–Crippen MR) is 79.4 cm³/mol. The Bertz CT molecular complexity index is 1050. The number of benzene rings is 1. The minimum atomic E-state index is -0.167. The summed E-state index contributed by atoms with van der Waals surface area (Å²) in [5.41, 5.74) is 5.28. The van der Waals surface area contributed by atoms with Crippen LogP contribution in [0.5, 0.6) is 0 Å². The van der Waals surface area contributed by atoms with Gasteiger partial charge in [0, 0.05) is 11.6 Å². The molecule has 20 heavy (non-hydrogen) atoms. The van der Waals surface area contributed by atoms with Gasteiger partial charge in [-0.3, -0.25) is 9.78 Å². The van der Waals surface area contributed by atoms with Gasteiger partial charge in [-0.15, -0.1) is 0 Å². The Labute approximate surface area is 117 Å². The summed E-state index contributed by atoms with van der Waals surface area (Å²) in [4.78, 5) is 22.0. The van der Waals surface area contributed by atoms with E-state index in [0.29, 0.717) is 15.9 Å². The first-order valence-electron chi connectivity index (χ1n) is 6.17. The molecule has 0 saturated carbocycles. The Morgan fingerprint density at radius 1 is 1.15 bits per heavy atom. The van der Waals surface area contributed by atoms with E-state index < -0.39 is 0 Å². The van der Waals surface area contributed by atoms with Crippen LogP contribution in [0, 0.1) is 13.8 Å². The van der Waals surface area contributed by atoms with Crippen molar-refractivity contribution in [2.45, 2.75) is 13.8 Å². The summed E-state index contributed by atoms with van der Waals surface area (Å²) in [6.07, 6.45) is 1.60. The summed E-state index contributed by atoms with van der Waals surface area (Å²) in [5, 5.41) is 5.45. The third-order valence-corrected chi connectivity index (χ3v) is 4.08. The van der Waals surface area contributed by atoms with E-state index in [0.717, 1.165) is 22.0 Å². The third-order valence-electron chi connectivity index (χ3n) is 3.41. The van der Waals surface area contributed by atoms with Gasteiger partial charge < -0.3 is 0 Å². The lowest BCUT2D eigenvalue weighted by Crippen LogP contribution is -2.15. The fraction of sp³-hybridized carbons (Fsp3) is 0.143. The van der Waals surface area contributed by atoms with Gasteiger partial charge >= 0.3 is 0 Å². The van der Waals surface area contributed by atoms with E-state index >= 15 is 0 Å². The fourth-order valence-corrected chi connectivity index (χ4v) is 3.17. The molecule has 0 fully saturated rings. The van der Waals surface area contributed by atoms with E-state index in [1.165, 1.54) is 15.9 Å². The van der Waals surface area contributed by atoms with Crippen LogP contribution in [0.25, 0.3) is 26.8 Å². The third kappa shape index (κ3) is 1.42. The van der Waals surface area contributed by atoms with Crippen molar-refractivity contribution in [3.8, 4) is 0 Å². The largest absolute Gasteiger partial charge is 0.284 e. The quantitative estimate of drug-likeness (QED) is 0.465. The van der Waals surface area contributed by atoms with Crippen LogP contribution in [-0.2, 0) is 0 Å². The molecule has 1 aromatic carbocycles. The molecule has 0 N–H and O–H groups in total. The van der Waals surface area contributed by atoms with Crippen molar-refractivity contribution >= 4 is 38.1 Å². The maximum Gasteiger partial charge on any atom is 0.284 e. The van der Waals surface area contributed by atoms with Crippen molar-refractivity contribution in [1.82, 2.24) is 19.6 Å². The molecule has 6 heteroatoms. The number of pyridine rings is 1. The van der Waals surface area contributed by atoms with Gasteiger partial charge in [-0.25, -0.2) is 4.98 Å². The number of aryl methyl sites for hydroxylation is 2. The van der Waals surface area contributed by atoms with E-state index in [1.807, 2.05) is 19.9 Å². The van der Waals surface area contributed by atoms with Gasteiger partial charge in [0.15, 0.2) is 0 Å². The SMILES string of the molecule is Cc1cc(C)c2ncc3c(=O)n4ncsc4nc3c2c1. The zero-order valence-corrected chi connectivity index (χ0v) is 11.7. The van der Waals surface area contributed by atoms with Crippen LogP contribution < -0.4 is 5.56 Å². The molecule has 0 spiro atoms. The molecule has 3 heterocycles. The second-order valence-corrected chi connectivity index (χ2v) is 5.66. The van der Waals surface area contributed by atoms with E-state index in [2.05, 4.69) is 21.1 Å². The molecule has 0 amide bonds. The lowest BCUT2D eigenvalue weighted by molar-refractivity contribution is 0.915. The molecule has 0 bridgehead atoms. The topological polar surface area (TPSA) is 60.2 Å². The molecule has 0 aliphatic heterocycles. The number of rotatable bonds is 0. The van der Waals surface area contributed by atoms with Crippen molar-refractivity contribution in [1.29, 1.82) is 0 Å². The molecule has 0 saturated heterocycles. The number of nitrogens with zero attached hydrogens (tertiary/aromatic N) is 4. The minimum Gasteiger partial charge on any atom is -0.266 e. The van der Waals surface area contributed by atoms with Crippen molar-refractivity contribution in [3.05, 3.63) is 45.3 Å². The van der Waals surface area contributed by atoms with E-state index in [9.17, 15) is 4.79 Å². The fourth-order valence-electron chi connectivity index (χ4n) is 2.56. The summed E-state index contributed by atoms with van der Waals surface area (Å²) in [6.45, 7) is 4.05. The highest BCUT2D eigenvalue weighted by atomic mass is 32.1. The van der Waals surface area contributed by atoms with Crippen LogP contribution in [0.4, 0.5) is 0 Å². The molecule has 0 aliphatic rings. The van der Waals surface area contributed by atoms with Gasteiger partial charge in [-0.1, -0.05) is 23.0 Å². The van der Waals surface area contributed by atoms with Crippen LogP contribution in [0.15, 0.2) is 28.6 Å². The summed E-state index contributed by atoms with van der Waals surface area (Å²) >= 11 is 1.35. The normalized spacial score (nSPS) is 11.7. The van der Waals surface area contributed by atoms with Crippen LogP contribution >= 0.6 is 11.3 Å². The first-order chi connectivity index (χ1) is 9.65. The molecule has 0 atom stereocenters.